The maximum atomic E-state index is 10.5. The number of hydrogen-bond acceptors (Lipinski definition) is 6. The first-order valence-electron chi connectivity index (χ1n) is 8.49. The molecule has 0 aliphatic carbocycles. The van der Waals surface area contributed by atoms with Crippen LogP contribution >= 0.6 is 0 Å². The summed E-state index contributed by atoms with van der Waals surface area (Å²) in [5, 5.41) is 3.25. The van der Waals surface area contributed by atoms with Gasteiger partial charge in [-0.15, -0.1) is 0 Å². The van der Waals surface area contributed by atoms with E-state index in [2.05, 4.69) is 5.32 Å². The number of methoxy groups -OCH3 is 1. The molecule has 4 N–H and O–H groups in total. The highest BCUT2D eigenvalue weighted by molar-refractivity contribution is 7.85. The van der Waals surface area contributed by atoms with Crippen molar-refractivity contribution in [3.63, 3.8) is 0 Å². The molecule has 0 amide bonds. The number of benzene rings is 2. The number of rotatable bonds is 7. The largest absolute Gasteiger partial charge is 0.489 e. The summed E-state index contributed by atoms with van der Waals surface area (Å²) in [4.78, 5) is -0.0666. The standard InChI is InChI=1S/C12H20N2O2.C7H8O3S/c1-4-14-11-6-5-10(13)9(2)12(11)16-8-7-15-3;1-6-2-4-7(5-3-6)11(8,9)10/h5-6,14H,4,7-8,13H2,1-3H3;2-5H,1H3,(H,8,9,10). The highest BCUT2D eigenvalue weighted by atomic mass is 32.2. The summed E-state index contributed by atoms with van der Waals surface area (Å²) >= 11 is 0. The zero-order valence-corrected chi connectivity index (χ0v) is 17.0. The number of anilines is 2. The highest BCUT2D eigenvalue weighted by Crippen LogP contribution is 2.32. The molecule has 0 bridgehead atoms. The van der Waals surface area contributed by atoms with Crippen LogP contribution in [-0.2, 0) is 14.9 Å². The highest BCUT2D eigenvalue weighted by Gasteiger charge is 2.09. The summed E-state index contributed by atoms with van der Waals surface area (Å²) in [5.41, 5.74) is 9.50. The van der Waals surface area contributed by atoms with E-state index in [0.717, 1.165) is 34.8 Å². The van der Waals surface area contributed by atoms with Crippen LogP contribution in [0.3, 0.4) is 0 Å². The Hall–Kier alpha value is -2.29. The van der Waals surface area contributed by atoms with Crippen molar-refractivity contribution in [1.29, 1.82) is 0 Å². The second-order valence-corrected chi connectivity index (χ2v) is 7.24. The van der Waals surface area contributed by atoms with Gasteiger partial charge in [0.15, 0.2) is 0 Å². The van der Waals surface area contributed by atoms with Gasteiger partial charge in [-0.1, -0.05) is 17.7 Å². The van der Waals surface area contributed by atoms with Crippen LogP contribution in [0.4, 0.5) is 11.4 Å². The topological polar surface area (TPSA) is 111 Å². The van der Waals surface area contributed by atoms with Gasteiger partial charge in [0.05, 0.1) is 17.2 Å². The first-order chi connectivity index (χ1) is 12.7. The number of hydrogen-bond donors (Lipinski definition) is 3. The third-order valence-electron chi connectivity index (χ3n) is 3.67. The predicted molar refractivity (Wildman–Crippen MR) is 108 cm³/mol. The Balaban J connectivity index is 0.000000289. The molecule has 0 unspecified atom stereocenters. The molecule has 150 valence electrons. The van der Waals surface area contributed by atoms with E-state index in [-0.39, 0.29) is 4.90 Å². The summed E-state index contributed by atoms with van der Waals surface area (Å²) in [6, 6.07) is 9.81. The molecule has 0 aliphatic heterocycles. The first kappa shape index (κ1) is 22.8. The van der Waals surface area contributed by atoms with E-state index in [1.54, 1.807) is 19.2 Å². The molecule has 0 spiro atoms. The smallest absolute Gasteiger partial charge is 0.294 e. The lowest BCUT2D eigenvalue weighted by atomic mass is 10.1. The van der Waals surface area contributed by atoms with Crippen LogP contribution in [0.5, 0.6) is 5.75 Å². The lowest BCUT2D eigenvalue weighted by molar-refractivity contribution is 0.146. The van der Waals surface area contributed by atoms with E-state index in [9.17, 15) is 8.42 Å². The Morgan fingerprint density at radius 3 is 2.22 bits per heavy atom. The van der Waals surface area contributed by atoms with Crippen LogP contribution in [0, 0.1) is 13.8 Å². The van der Waals surface area contributed by atoms with Crippen LogP contribution in [0.2, 0.25) is 0 Å². The summed E-state index contributed by atoms with van der Waals surface area (Å²) in [5.74, 6) is 0.818. The molecule has 2 aromatic rings. The van der Waals surface area contributed by atoms with Gasteiger partial charge in [0.2, 0.25) is 0 Å². The van der Waals surface area contributed by atoms with E-state index >= 15 is 0 Å². The molecule has 0 fully saturated rings. The van der Waals surface area contributed by atoms with Gasteiger partial charge in [0.1, 0.15) is 12.4 Å². The summed E-state index contributed by atoms with van der Waals surface area (Å²) in [6.07, 6.45) is 0. The quantitative estimate of drug-likeness (QED) is 0.374. The molecule has 0 aromatic heterocycles. The fourth-order valence-electron chi connectivity index (χ4n) is 2.16. The summed E-state index contributed by atoms with van der Waals surface area (Å²) in [7, 11) is -2.37. The first-order valence-corrected chi connectivity index (χ1v) is 9.93. The molecule has 7 nitrogen and oxygen atoms in total. The Labute approximate surface area is 161 Å². The molecule has 2 aromatic carbocycles. The normalized spacial score (nSPS) is 10.7. The van der Waals surface area contributed by atoms with Gasteiger partial charge in [-0.2, -0.15) is 8.42 Å². The van der Waals surface area contributed by atoms with Crippen molar-refractivity contribution in [2.75, 3.05) is 37.9 Å². The third-order valence-corrected chi connectivity index (χ3v) is 4.54. The van der Waals surface area contributed by atoms with Crippen molar-refractivity contribution in [2.45, 2.75) is 25.7 Å². The van der Waals surface area contributed by atoms with Gasteiger partial charge in [-0.25, -0.2) is 0 Å². The fraction of sp³-hybridized carbons (Fsp3) is 0.368. The lowest BCUT2D eigenvalue weighted by Gasteiger charge is -2.16. The minimum Gasteiger partial charge on any atom is -0.489 e. The van der Waals surface area contributed by atoms with Crippen molar-refractivity contribution < 1.29 is 22.4 Å². The van der Waals surface area contributed by atoms with Crippen molar-refractivity contribution in [1.82, 2.24) is 0 Å². The molecular formula is C19H28N2O5S. The average molecular weight is 397 g/mol. The molecule has 0 atom stereocenters. The van der Waals surface area contributed by atoms with E-state index < -0.39 is 10.1 Å². The fourth-order valence-corrected chi connectivity index (χ4v) is 2.64. The van der Waals surface area contributed by atoms with Crippen LogP contribution in [0.1, 0.15) is 18.1 Å². The van der Waals surface area contributed by atoms with Gasteiger partial charge in [-0.05, 0) is 45.0 Å². The predicted octanol–water partition coefficient (Wildman–Crippen LogP) is 3.28. The molecule has 0 heterocycles. The second kappa shape index (κ2) is 10.8. The minimum absolute atomic E-state index is 0.0666. The van der Waals surface area contributed by atoms with E-state index in [4.69, 9.17) is 19.8 Å². The molecule has 2 rings (SSSR count). The molecule has 0 aliphatic rings. The molecule has 8 heteroatoms. The number of ether oxygens (including phenoxy) is 2. The lowest BCUT2D eigenvalue weighted by Crippen LogP contribution is -2.09. The van der Waals surface area contributed by atoms with E-state index in [1.165, 1.54) is 12.1 Å². The molecule has 27 heavy (non-hydrogen) atoms. The van der Waals surface area contributed by atoms with Crippen LogP contribution in [0.25, 0.3) is 0 Å². The van der Waals surface area contributed by atoms with Crippen molar-refractivity contribution in [2.24, 2.45) is 0 Å². The molecule has 0 saturated heterocycles. The van der Waals surface area contributed by atoms with Crippen molar-refractivity contribution in [3.05, 3.63) is 47.5 Å². The van der Waals surface area contributed by atoms with Gasteiger partial charge >= 0.3 is 0 Å². The molecular weight excluding hydrogens is 368 g/mol. The number of nitrogens with two attached hydrogens (primary N) is 1. The SMILES string of the molecule is CCNc1ccc(N)c(C)c1OCCOC.Cc1ccc(S(=O)(=O)O)cc1. The minimum atomic E-state index is -4.02. The van der Waals surface area contributed by atoms with Gasteiger partial charge in [-0.3, -0.25) is 4.55 Å². The van der Waals surface area contributed by atoms with Gasteiger partial charge < -0.3 is 20.5 Å². The summed E-state index contributed by atoms with van der Waals surface area (Å²) < 4.78 is 40.2. The number of aryl methyl sites for hydroxylation is 1. The van der Waals surface area contributed by atoms with Crippen molar-refractivity contribution in [3.8, 4) is 5.75 Å². The number of nitrogens with one attached hydrogen (secondary N) is 1. The number of nitrogen functional groups attached to an aromatic ring is 1. The van der Waals surface area contributed by atoms with Crippen molar-refractivity contribution >= 4 is 21.5 Å². The Kier molecular flexibility index (Phi) is 9.07. The Bertz CT molecular complexity index is 821. The molecule has 0 radical (unpaired) electrons. The van der Waals surface area contributed by atoms with E-state index in [0.29, 0.717) is 13.2 Å². The van der Waals surface area contributed by atoms with Crippen LogP contribution in [-0.4, -0.2) is 39.8 Å². The van der Waals surface area contributed by atoms with Gasteiger partial charge in [0.25, 0.3) is 10.1 Å². The Morgan fingerprint density at radius 2 is 1.70 bits per heavy atom. The zero-order chi connectivity index (χ0) is 20.4. The average Bonchev–Trinajstić information content (AvgIpc) is 2.61. The Morgan fingerprint density at radius 1 is 1.07 bits per heavy atom. The third kappa shape index (κ3) is 7.46. The molecule has 0 saturated carbocycles. The van der Waals surface area contributed by atoms with E-state index in [1.807, 2.05) is 32.9 Å². The van der Waals surface area contributed by atoms with Crippen LogP contribution < -0.4 is 15.8 Å². The van der Waals surface area contributed by atoms with Gasteiger partial charge in [0, 0.05) is 24.9 Å². The zero-order valence-electron chi connectivity index (χ0n) is 16.2. The monoisotopic (exact) mass is 396 g/mol. The second-order valence-electron chi connectivity index (χ2n) is 5.82. The van der Waals surface area contributed by atoms with Crippen LogP contribution in [0.15, 0.2) is 41.3 Å². The maximum Gasteiger partial charge on any atom is 0.294 e. The summed E-state index contributed by atoms with van der Waals surface area (Å²) in [6.45, 7) is 7.79. The maximum absolute atomic E-state index is 10.5.